The highest BCUT2D eigenvalue weighted by atomic mass is 16.6. The summed E-state index contributed by atoms with van der Waals surface area (Å²) in [5.74, 6) is 3.55. The van der Waals surface area contributed by atoms with Crippen molar-refractivity contribution in [2.45, 2.75) is 94.7 Å². The number of ether oxygens (including phenoxy) is 2. The molecule has 1 unspecified atom stereocenters. The summed E-state index contributed by atoms with van der Waals surface area (Å²) in [7, 11) is 0. The zero-order valence-electron chi connectivity index (χ0n) is 18.7. The Kier molecular flexibility index (Phi) is 3.82. The summed E-state index contributed by atoms with van der Waals surface area (Å²) < 4.78 is 12.7. The molecule has 0 aromatic rings. The van der Waals surface area contributed by atoms with Gasteiger partial charge in [0.05, 0.1) is 0 Å². The molecular weight excluding hydrogens is 388 g/mol. The largest absolute Gasteiger partial charge is 0.458 e. The Labute approximate surface area is 185 Å². The fraction of sp³-hybridized carbons (Fsp3) is 0.852. The first-order valence-electron chi connectivity index (χ1n) is 13.0. The monoisotopic (exact) mass is 424 g/mol. The van der Waals surface area contributed by atoms with Gasteiger partial charge in [-0.15, -0.1) is 6.58 Å². The molecule has 168 valence electrons. The summed E-state index contributed by atoms with van der Waals surface area (Å²) in [4.78, 5) is 27.3. The van der Waals surface area contributed by atoms with Crippen molar-refractivity contribution in [1.29, 1.82) is 0 Å². The van der Waals surface area contributed by atoms with Gasteiger partial charge in [0, 0.05) is 5.92 Å². The summed E-state index contributed by atoms with van der Waals surface area (Å²) >= 11 is 0. The number of carbonyl (C=O) groups is 2. The maximum absolute atomic E-state index is 13.6. The number of hydrogen-bond acceptors (Lipinski definition) is 4. The predicted molar refractivity (Wildman–Crippen MR) is 115 cm³/mol. The van der Waals surface area contributed by atoms with Crippen molar-refractivity contribution < 1.29 is 19.1 Å². The molecule has 8 bridgehead atoms. The first-order chi connectivity index (χ1) is 14.9. The third kappa shape index (κ3) is 2.78. The normalized spacial score (nSPS) is 55.2. The minimum atomic E-state index is -1.12. The van der Waals surface area contributed by atoms with Crippen LogP contribution in [-0.4, -0.2) is 23.1 Å². The van der Waals surface area contributed by atoms with Gasteiger partial charge in [0.25, 0.3) is 0 Å². The van der Waals surface area contributed by atoms with Gasteiger partial charge in [0.15, 0.2) is 5.41 Å². The van der Waals surface area contributed by atoms with E-state index >= 15 is 0 Å². The molecule has 1 atom stereocenters. The second kappa shape index (κ2) is 6.17. The van der Waals surface area contributed by atoms with Gasteiger partial charge in [-0.2, -0.15) is 0 Å². The van der Waals surface area contributed by atoms with Crippen LogP contribution in [0.15, 0.2) is 12.7 Å². The Morgan fingerprint density at radius 1 is 0.613 bits per heavy atom. The molecule has 0 heterocycles. The van der Waals surface area contributed by atoms with Gasteiger partial charge in [-0.1, -0.05) is 6.08 Å². The van der Waals surface area contributed by atoms with Gasteiger partial charge in [-0.25, -0.2) is 0 Å². The molecule has 31 heavy (non-hydrogen) atoms. The zero-order chi connectivity index (χ0) is 21.0. The summed E-state index contributed by atoms with van der Waals surface area (Å²) in [6, 6.07) is 0. The molecule has 4 nitrogen and oxygen atoms in total. The third-order valence-corrected chi connectivity index (χ3v) is 10.6. The van der Waals surface area contributed by atoms with Crippen molar-refractivity contribution in [3.05, 3.63) is 12.7 Å². The first kappa shape index (κ1) is 19.2. The van der Waals surface area contributed by atoms with E-state index in [1.165, 1.54) is 38.5 Å². The van der Waals surface area contributed by atoms with E-state index in [1.807, 2.05) is 0 Å². The number of carbonyl (C=O) groups excluding carboxylic acids is 2. The van der Waals surface area contributed by atoms with E-state index in [4.69, 9.17) is 9.47 Å². The zero-order valence-corrected chi connectivity index (χ0v) is 18.7. The van der Waals surface area contributed by atoms with Crippen LogP contribution in [0.25, 0.3) is 0 Å². The molecule has 9 rings (SSSR count). The number of allylic oxidation sites excluding steroid dienone is 1. The number of hydrogen-bond donors (Lipinski definition) is 0. The van der Waals surface area contributed by atoms with E-state index in [1.54, 1.807) is 6.08 Å². The fourth-order valence-electron chi connectivity index (χ4n) is 10.0. The SMILES string of the molecule is C=CC1CC1(C(=O)OC12CC3CC(CC(C3)C1)C2)C(=O)OC12CC3CC(CC(C3)C1)C2. The molecule has 0 saturated heterocycles. The van der Waals surface area contributed by atoms with E-state index in [2.05, 4.69) is 6.58 Å². The molecular formula is C27H36O4. The van der Waals surface area contributed by atoms with E-state index in [0.29, 0.717) is 41.9 Å². The smallest absolute Gasteiger partial charge is 0.324 e. The lowest BCUT2D eigenvalue weighted by atomic mass is 9.54. The highest BCUT2D eigenvalue weighted by Crippen LogP contribution is 2.62. The highest BCUT2D eigenvalue weighted by molar-refractivity contribution is 6.04. The average molecular weight is 425 g/mol. The van der Waals surface area contributed by atoms with Crippen molar-refractivity contribution in [1.82, 2.24) is 0 Å². The molecule has 4 heteroatoms. The molecule has 9 fully saturated rings. The van der Waals surface area contributed by atoms with E-state index < -0.39 is 5.41 Å². The van der Waals surface area contributed by atoms with Crippen molar-refractivity contribution in [3.63, 3.8) is 0 Å². The molecule has 9 aliphatic carbocycles. The molecule has 0 aromatic heterocycles. The van der Waals surface area contributed by atoms with Crippen molar-refractivity contribution in [3.8, 4) is 0 Å². The van der Waals surface area contributed by atoms with Crippen molar-refractivity contribution >= 4 is 11.9 Å². The summed E-state index contributed by atoms with van der Waals surface area (Å²) in [5, 5.41) is 0. The lowest BCUT2D eigenvalue weighted by Crippen LogP contribution is -2.55. The van der Waals surface area contributed by atoms with Gasteiger partial charge in [-0.05, 0) is 119 Å². The number of esters is 2. The van der Waals surface area contributed by atoms with Crippen LogP contribution in [0.4, 0.5) is 0 Å². The van der Waals surface area contributed by atoms with Crippen LogP contribution >= 0.6 is 0 Å². The standard InChI is InChI=1S/C27H36O4/c1-2-22-15-27(22,23(28)30-25-9-16-3-17(10-25)5-18(4-16)11-25)24(29)31-26-12-19-6-20(13-26)8-21(7-19)14-26/h2,16-22H,1,3-15H2. The molecule has 9 aliphatic rings. The number of rotatable bonds is 5. The van der Waals surface area contributed by atoms with Crippen LogP contribution in [0.1, 0.15) is 83.5 Å². The third-order valence-electron chi connectivity index (χ3n) is 10.6. The molecule has 0 radical (unpaired) electrons. The van der Waals surface area contributed by atoms with Crippen LogP contribution < -0.4 is 0 Å². The lowest BCUT2D eigenvalue weighted by Gasteiger charge is -2.56. The summed E-state index contributed by atoms with van der Waals surface area (Å²) in [6.07, 6.45) is 16.2. The molecule has 0 aromatic carbocycles. The second-order valence-electron chi connectivity index (χ2n) is 13.0. The lowest BCUT2D eigenvalue weighted by molar-refractivity contribution is -0.206. The fourth-order valence-corrected chi connectivity index (χ4v) is 10.0. The maximum atomic E-state index is 13.6. The van der Waals surface area contributed by atoms with Crippen molar-refractivity contribution in [2.24, 2.45) is 46.8 Å². The molecule has 0 spiro atoms. The Balaban J connectivity index is 1.12. The van der Waals surface area contributed by atoms with Gasteiger partial charge in [0.1, 0.15) is 11.2 Å². The minimum absolute atomic E-state index is 0.129. The maximum Gasteiger partial charge on any atom is 0.324 e. The minimum Gasteiger partial charge on any atom is -0.458 e. The van der Waals surface area contributed by atoms with Gasteiger partial charge in [0.2, 0.25) is 0 Å². The Hall–Kier alpha value is -1.32. The van der Waals surface area contributed by atoms with Gasteiger partial charge >= 0.3 is 11.9 Å². The van der Waals surface area contributed by atoms with Gasteiger partial charge in [-0.3, -0.25) is 9.59 Å². The first-order valence-corrected chi connectivity index (χ1v) is 13.0. The van der Waals surface area contributed by atoms with Gasteiger partial charge < -0.3 is 9.47 Å². The highest BCUT2D eigenvalue weighted by Gasteiger charge is 2.70. The molecule has 0 N–H and O–H groups in total. The summed E-state index contributed by atoms with van der Waals surface area (Å²) in [6.45, 7) is 3.92. The van der Waals surface area contributed by atoms with E-state index in [0.717, 1.165) is 38.5 Å². The van der Waals surface area contributed by atoms with Crippen LogP contribution in [0, 0.1) is 46.8 Å². The Morgan fingerprint density at radius 3 is 1.19 bits per heavy atom. The topological polar surface area (TPSA) is 52.6 Å². The predicted octanol–water partition coefficient (Wildman–Crippen LogP) is 5.20. The second-order valence-corrected chi connectivity index (χ2v) is 13.0. The van der Waals surface area contributed by atoms with E-state index in [9.17, 15) is 9.59 Å². The van der Waals surface area contributed by atoms with Crippen LogP contribution in [-0.2, 0) is 19.1 Å². The van der Waals surface area contributed by atoms with Crippen LogP contribution in [0.3, 0.4) is 0 Å². The molecule has 9 saturated carbocycles. The van der Waals surface area contributed by atoms with Crippen LogP contribution in [0.5, 0.6) is 0 Å². The average Bonchev–Trinajstić information content (AvgIpc) is 3.41. The van der Waals surface area contributed by atoms with E-state index in [-0.39, 0.29) is 29.1 Å². The summed E-state index contributed by atoms with van der Waals surface area (Å²) in [5.41, 5.74) is -1.74. The molecule has 0 aliphatic heterocycles. The van der Waals surface area contributed by atoms with Crippen molar-refractivity contribution in [2.75, 3.05) is 0 Å². The Morgan fingerprint density at radius 2 is 0.935 bits per heavy atom. The van der Waals surface area contributed by atoms with Crippen LogP contribution in [0.2, 0.25) is 0 Å². The Bertz CT molecular complexity index is 712. The molecule has 0 amide bonds. The quantitative estimate of drug-likeness (QED) is 0.346.